The van der Waals surface area contributed by atoms with Gasteiger partial charge in [-0.15, -0.1) is 0 Å². The molecule has 3 rings (SSSR count). The van der Waals surface area contributed by atoms with E-state index in [2.05, 4.69) is 16.1 Å². The lowest BCUT2D eigenvalue weighted by Crippen LogP contribution is -2.48. The topological polar surface area (TPSA) is 176 Å². The maximum Gasteiger partial charge on any atom is 0.408 e. The van der Waals surface area contributed by atoms with Gasteiger partial charge in [-0.2, -0.15) is 5.48 Å². The number of amides is 2. The second kappa shape index (κ2) is 11.8. The largest absolute Gasteiger partial charge is 0.480 e. The molecule has 11 nitrogen and oxygen atoms in total. The molecule has 1 unspecified atom stereocenters. The average Bonchev–Trinajstić information content (AvgIpc) is 3.29. The Morgan fingerprint density at radius 3 is 2.53 bits per heavy atom. The van der Waals surface area contributed by atoms with Crippen molar-refractivity contribution in [1.82, 2.24) is 16.1 Å². The van der Waals surface area contributed by atoms with Crippen LogP contribution in [0.5, 0.6) is 0 Å². The minimum Gasteiger partial charge on any atom is -0.480 e. The zero-order valence-corrected chi connectivity index (χ0v) is 18.3. The molecule has 0 aromatic heterocycles. The monoisotopic (exact) mass is 469 g/mol. The third kappa shape index (κ3) is 7.29. The van der Waals surface area contributed by atoms with Crippen LogP contribution in [-0.2, 0) is 25.8 Å². The van der Waals surface area contributed by atoms with Crippen LogP contribution >= 0.6 is 0 Å². The summed E-state index contributed by atoms with van der Waals surface area (Å²) in [6.07, 6.45) is -0.768. The van der Waals surface area contributed by atoms with Gasteiger partial charge in [-0.05, 0) is 17.5 Å². The van der Waals surface area contributed by atoms with Crippen LogP contribution in [-0.4, -0.2) is 47.6 Å². The van der Waals surface area contributed by atoms with Crippen molar-refractivity contribution in [2.75, 3.05) is 6.54 Å². The molecule has 0 saturated carbocycles. The molecule has 1 saturated heterocycles. The van der Waals surface area contributed by atoms with Gasteiger partial charge in [-0.25, -0.2) is 9.59 Å². The van der Waals surface area contributed by atoms with Crippen LogP contribution < -0.4 is 21.8 Å². The summed E-state index contributed by atoms with van der Waals surface area (Å²) in [4.78, 5) is 41.2. The summed E-state index contributed by atoms with van der Waals surface area (Å²) in [7, 11) is 0. The molecular weight excluding hydrogens is 442 g/mol. The maximum absolute atomic E-state index is 12.3. The quantitative estimate of drug-likeness (QED) is 0.222. The van der Waals surface area contributed by atoms with Crippen molar-refractivity contribution in [3.05, 3.63) is 71.3 Å². The third-order valence-corrected chi connectivity index (χ3v) is 5.22. The zero-order valence-electron chi connectivity index (χ0n) is 18.3. The van der Waals surface area contributed by atoms with E-state index in [1.807, 2.05) is 18.2 Å². The third-order valence-electron chi connectivity index (χ3n) is 5.22. The van der Waals surface area contributed by atoms with E-state index in [9.17, 15) is 19.5 Å². The number of ether oxygens (including phenoxy) is 1. The smallest absolute Gasteiger partial charge is 0.408 e. The van der Waals surface area contributed by atoms with E-state index in [-0.39, 0.29) is 31.4 Å². The normalized spacial score (nSPS) is 18.0. The van der Waals surface area contributed by atoms with Gasteiger partial charge < -0.3 is 26.2 Å². The summed E-state index contributed by atoms with van der Waals surface area (Å²) in [6.45, 7) is -0.305. The number of nitrogens with two attached hydrogens (primary N) is 1. The number of alkyl carbamates (subject to hydrolysis) is 1. The first-order valence-electron chi connectivity index (χ1n) is 10.6. The van der Waals surface area contributed by atoms with Crippen molar-refractivity contribution in [3.63, 3.8) is 0 Å². The van der Waals surface area contributed by atoms with Crippen molar-refractivity contribution in [2.24, 2.45) is 5.73 Å². The predicted molar refractivity (Wildman–Crippen MR) is 122 cm³/mol. The van der Waals surface area contributed by atoms with Crippen molar-refractivity contribution in [2.45, 2.75) is 37.6 Å². The number of rotatable bonds is 10. The van der Waals surface area contributed by atoms with E-state index in [1.165, 1.54) is 0 Å². The molecule has 7 N–H and O–H groups in total. The second-order valence-electron chi connectivity index (χ2n) is 7.79. The van der Waals surface area contributed by atoms with Gasteiger partial charge in [0, 0.05) is 12.1 Å². The van der Waals surface area contributed by atoms with Crippen LogP contribution in [0, 0.1) is 5.41 Å². The number of carboxylic acid groups (broad SMARTS) is 1. The molecule has 2 aromatic rings. The fourth-order valence-corrected chi connectivity index (χ4v) is 3.36. The predicted octanol–water partition coefficient (Wildman–Crippen LogP) is 1.19. The van der Waals surface area contributed by atoms with Crippen LogP contribution in [0.2, 0.25) is 0 Å². The fraction of sp³-hybridized carbons (Fsp3) is 0.304. The molecular formula is C23H27N5O6. The molecule has 0 radical (unpaired) electrons. The SMILES string of the molecule is N=C(N)c1ccc([C@@H]2C[C@H](CC(=O)NCC(NC(=O)OCc3ccccc3)C(=O)O)ON2)cc1. The molecule has 2 aromatic carbocycles. The van der Waals surface area contributed by atoms with Crippen molar-refractivity contribution in [3.8, 4) is 0 Å². The highest BCUT2D eigenvalue weighted by Gasteiger charge is 2.29. The highest BCUT2D eigenvalue weighted by atomic mass is 16.7. The van der Waals surface area contributed by atoms with Gasteiger partial charge in [0.15, 0.2) is 0 Å². The molecule has 1 heterocycles. The molecule has 1 fully saturated rings. The van der Waals surface area contributed by atoms with Crippen LogP contribution in [0.25, 0.3) is 0 Å². The first kappa shape index (κ1) is 24.7. The number of hydrogen-bond acceptors (Lipinski definition) is 7. The molecule has 34 heavy (non-hydrogen) atoms. The Labute approximate surface area is 196 Å². The second-order valence-corrected chi connectivity index (χ2v) is 7.79. The highest BCUT2D eigenvalue weighted by molar-refractivity contribution is 5.94. The van der Waals surface area contributed by atoms with Crippen molar-refractivity contribution in [1.29, 1.82) is 5.41 Å². The number of benzene rings is 2. The Hall–Kier alpha value is -3.96. The Balaban J connectivity index is 1.41. The molecule has 1 aliphatic rings. The minimum absolute atomic E-state index is 0.00393. The molecule has 0 spiro atoms. The van der Waals surface area contributed by atoms with Gasteiger partial charge in [-0.1, -0.05) is 54.6 Å². The van der Waals surface area contributed by atoms with E-state index in [1.54, 1.807) is 36.4 Å². The van der Waals surface area contributed by atoms with Gasteiger partial charge in [0.25, 0.3) is 0 Å². The molecule has 180 valence electrons. The summed E-state index contributed by atoms with van der Waals surface area (Å²) >= 11 is 0. The Morgan fingerprint density at radius 2 is 1.88 bits per heavy atom. The number of carboxylic acids is 1. The Bertz CT molecular complexity index is 1010. The van der Waals surface area contributed by atoms with Gasteiger partial charge in [0.1, 0.15) is 18.5 Å². The lowest BCUT2D eigenvalue weighted by atomic mass is 9.99. The van der Waals surface area contributed by atoms with Gasteiger partial charge in [0.2, 0.25) is 5.91 Å². The summed E-state index contributed by atoms with van der Waals surface area (Å²) in [5.74, 6) is -1.73. The molecule has 3 atom stereocenters. The van der Waals surface area contributed by atoms with Crippen LogP contribution in [0.1, 0.15) is 35.6 Å². The van der Waals surface area contributed by atoms with Crippen LogP contribution in [0.4, 0.5) is 4.79 Å². The summed E-state index contributed by atoms with van der Waals surface area (Å²) in [6, 6.07) is 14.6. The van der Waals surface area contributed by atoms with Crippen LogP contribution in [0.15, 0.2) is 54.6 Å². The Morgan fingerprint density at radius 1 is 1.18 bits per heavy atom. The summed E-state index contributed by atoms with van der Waals surface area (Å²) in [5.41, 5.74) is 10.6. The van der Waals surface area contributed by atoms with Gasteiger partial charge in [0.05, 0.1) is 18.6 Å². The van der Waals surface area contributed by atoms with Crippen molar-refractivity contribution >= 4 is 23.8 Å². The first-order chi connectivity index (χ1) is 16.3. The number of amidine groups is 1. The zero-order chi connectivity index (χ0) is 24.5. The fourth-order valence-electron chi connectivity index (χ4n) is 3.36. The van der Waals surface area contributed by atoms with Gasteiger partial charge >= 0.3 is 12.1 Å². The minimum atomic E-state index is -1.35. The van der Waals surface area contributed by atoms with E-state index in [4.69, 9.17) is 20.7 Å². The number of nitrogens with one attached hydrogen (secondary N) is 4. The van der Waals surface area contributed by atoms with Gasteiger partial charge in [-0.3, -0.25) is 15.0 Å². The lowest BCUT2D eigenvalue weighted by Gasteiger charge is -2.16. The van der Waals surface area contributed by atoms with Crippen molar-refractivity contribution < 1.29 is 29.1 Å². The first-order valence-corrected chi connectivity index (χ1v) is 10.6. The summed E-state index contributed by atoms with van der Waals surface area (Å²) in [5, 5.41) is 21.5. The molecule has 0 aliphatic carbocycles. The average molecular weight is 469 g/mol. The number of hydroxylamine groups is 1. The molecule has 1 aliphatic heterocycles. The molecule has 2 amide bonds. The van der Waals surface area contributed by atoms with E-state index >= 15 is 0 Å². The number of carbonyl (C=O) groups excluding carboxylic acids is 2. The standard InChI is InChI=1S/C23H27N5O6/c24-21(25)16-8-6-15(7-9-16)18-10-17(34-28-18)11-20(29)26-12-19(22(30)31)27-23(32)33-13-14-4-2-1-3-5-14/h1-9,17-19,28H,10-13H2,(H3,24,25)(H,26,29)(H,27,32)(H,30,31)/t17-,18+,19?/m1/s1. The van der Waals surface area contributed by atoms with E-state index in [0.29, 0.717) is 12.0 Å². The molecule has 0 bridgehead atoms. The summed E-state index contributed by atoms with van der Waals surface area (Å²) < 4.78 is 5.02. The van der Waals surface area contributed by atoms with E-state index in [0.717, 1.165) is 11.1 Å². The number of aliphatic carboxylic acids is 1. The number of nitrogen functional groups attached to an aromatic ring is 1. The lowest BCUT2D eigenvalue weighted by molar-refractivity contribution is -0.139. The molecule has 11 heteroatoms. The Kier molecular flexibility index (Phi) is 8.54. The van der Waals surface area contributed by atoms with E-state index < -0.39 is 30.1 Å². The van der Waals surface area contributed by atoms with Crippen LogP contribution in [0.3, 0.4) is 0 Å². The maximum atomic E-state index is 12.3. The number of carbonyl (C=O) groups is 3. The number of hydrogen-bond donors (Lipinski definition) is 6. The highest BCUT2D eigenvalue weighted by Crippen LogP contribution is 2.27.